The zero-order valence-corrected chi connectivity index (χ0v) is 15.1. The van der Waals surface area contributed by atoms with E-state index in [4.69, 9.17) is 16.3 Å². The largest absolute Gasteiger partial charge is 0.468 e. The zero-order valence-electron chi connectivity index (χ0n) is 14.3. The molecule has 0 bridgehead atoms. The molecule has 1 aliphatic carbocycles. The van der Waals surface area contributed by atoms with Gasteiger partial charge in [0.1, 0.15) is 10.9 Å². The van der Waals surface area contributed by atoms with Gasteiger partial charge in [-0.1, -0.05) is 17.7 Å². The molecule has 0 saturated carbocycles. The Morgan fingerprint density at radius 2 is 2.12 bits per heavy atom. The van der Waals surface area contributed by atoms with E-state index in [1.807, 2.05) is 0 Å². The van der Waals surface area contributed by atoms with Gasteiger partial charge in [-0.3, -0.25) is 24.7 Å². The Kier molecular flexibility index (Phi) is 4.91. The van der Waals surface area contributed by atoms with Crippen molar-refractivity contribution in [3.8, 4) is 0 Å². The van der Waals surface area contributed by atoms with Gasteiger partial charge in [-0.05, 0) is 31.4 Å². The van der Waals surface area contributed by atoms with Gasteiger partial charge in [-0.2, -0.15) is 0 Å². The van der Waals surface area contributed by atoms with Crippen LogP contribution in [0.1, 0.15) is 37.7 Å². The number of hydrogen-bond donors (Lipinski definition) is 0. The highest BCUT2D eigenvalue weighted by atomic mass is 35.5. The predicted molar refractivity (Wildman–Crippen MR) is 95.3 cm³/mol. The van der Waals surface area contributed by atoms with Crippen molar-refractivity contribution in [3.63, 3.8) is 0 Å². The third kappa shape index (κ3) is 3.03. The van der Waals surface area contributed by atoms with Crippen molar-refractivity contribution in [2.75, 3.05) is 7.11 Å². The number of nitro benzene ring substituents is 1. The van der Waals surface area contributed by atoms with Crippen molar-refractivity contribution in [3.05, 3.63) is 50.2 Å². The molecule has 136 valence electrons. The van der Waals surface area contributed by atoms with Crippen molar-refractivity contribution in [2.24, 2.45) is 10.9 Å². The first-order valence-corrected chi connectivity index (χ1v) is 8.56. The molecule has 0 fully saturated rings. The topological polar surface area (TPSA) is 98.9 Å². The van der Waals surface area contributed by atoms with Gasteiger partial charge in [0.2, 0.25) is 0 Å². The summed E-state index contributed by atoms with van der Waals surface area (Å²) in [5.41, 5.74) is 1.86. The monoisotopic (exact) mass is 376 g/mol. The summed E-state index contributed by atoms with van der Waals surface area (Å²) >= 11 is 5.92. The van der Waals surface area contributed by atoms with E-state index in [1.54, 1.807) is 13.0 Å². The van der Waals surface area contributed by atoms with Crippen LogP contribution < -0.4 is 0 Å². The Morgan fingerprint density at radius 1 is 1.38 bits per heavy atom. The van der Waals surface area contributed by atoms with Gasteiger partial charge >= 0.3 is 5.97 Å². The highest BCUT2D eigenvalue weighted by Gasteiger charge is 2.43. The second-order valence-corrected chi connectivity index (χ2v) is 6.74. The van der Waals surface area contributed by atoms with Crippen LogP contribution >= 0.6 is 11.6 Å². The number of halogens is 1. The van der Waals surface area contributed by atoms with E-state index in [9.17, 15) is 19.7 Å². The molecule has 1 heterocycles. The summed E-state index contributed by atoms with van der Waals surface area (Å²) in [7, 11) is 1.27. The van der Waals surface area contributed by atoms with Crippen molar-refractivity contribution < 1.29 is 19.2 Å². The number of nitrogens with zero attached hydrogens (tertiary/aromatic N) is 2. The Labute approximate surface area is 154 Å². The maximum absolute atomic E-state index is 12.6. The molecule has 2 atom stereocenters. The number of carbonyl (C=O) groups is 2. The molecule has 1 aromatic rings. The number of rotatable bonds is 3. The van der Waals surface area contributed by atoms with E-state index in [1.165, 1.54) is 19.2 Å². The Bertz CT molecular complexity index is 874. The van der Waals surface area contributed by atoms with Crippen LogP contribution in [0, 0.1) is 16.0 Å². The van der Waals surface area contributed by atoms with Gasteiger partial charge in [0, 0.05) is 35.4 Å². The average Bonchev–Trinajstić information content (AvgIpc) is 2.60. The molecule has 26 heavy (non-hydrogen) atoms. The molecule has 3 rings (SSSR count). The Hall–Kier alpha value is -2.54. The van der Waals surface area contributed by atoms with Crippen molar-refractivity contribution >= 4 is 34.8 Å². The average molecular weight is 377 g/mol. The summed E-state index contributed by atoms with van der Waals surface area (Å²) in [4.78, 5) is 40.2. The van der Waals surface area contributed by atoms with Crippen LogP contribution in [0.2, 0.25) is 5.02 Å². The lowest BCUT2D eigenvalue weighted by Gasteiger charge is -2.34. The second-order valence-electron chi connectivity index (χ2n) is 6.34. The molecule has 0 saturated heterocycles. The van der Waals surface area contributed by atoms with Crippen molar-refractivity contribution in [1.82, 2.24) is 0 Å². The number of ether oxygens (including phenoxy) is 1. The summed E-state index contributed by atoms with van der Waals surface area (Å²) in [5.74, 6) is -2.09. The first-order chi connectivity index (χ1) is 12.3. The minimum Gasteiger partial charge on any atom is -0.468 e. The first-order valence-electron chi connectivity index (χ1n) is 8.18. The molecular formula is C18H17ClN2O5. The van der Waals surface area contributed by atoms with Crippen molar-refractivity contribution in [1.29, 1.82) is 0 Å². The van der Waals surface area contributed by atoms with E-state index in [-0.39, 0.29) is 16.5 Å². The van der Waals surface area contributed by atoms with Gasteiger partial charge in [0.05, 0.1) is 12.0 Å². The predicted octanol–water partition coefficient (Wildman–Crippen LogP) is 3.60. The molecule has 0 amide bonds. The molecule has 0 spiro atoms. The van der Waals surface area contributed by atoms with Gasteiger partial charge < -0.3 is 4.74 Å². The van der Waals surface area contributed by atoms with E-state index >= 15 is 0 Å². The fourth-order valence-electron chi connectivity index (χ4n) is 3.66. The Morgan fingerprint density at radius 3 is 2.77 bits per heavy atom. The van der Waals surface area contributed by atoms with Crippen LogP contribution in [0.25, 0.3) is 0 Å². The summed E-state index contributed by atoms with van der Waals surface area (Å²) in [6.07, 6.45) is 1.71. The fourth-order valence-corrected chi connectivity index (χ4v) is 3.85. The molecular weight excluding hydrogens is 360 g/mol. The van der Waals surface area contributed by atoms with E-state index in [2.05, 4.69) is 4.99 Å². The highest BCUT2D eigenvalue weighted by Crippen LogP contribution is 2.44. The van der Waals surface area contributed by atoms with Crippen molar-refractivity contribution in [2.45, 2.75) is 32.1 Å². The molecule has 8 heteroatoms. The smallest absolute Gasteiger partial charge is 0.315 e. The van der Waals surface area contributed by atoms with Gasteiger partial charge in [0.15, 0.2) is 5.78 Å². The number of benzene rings is 1. The lowest BCUT2D eigenvalue weighted by molar-refractivity contribution is -0.384. The summed E-state index contributed by atoms with van der Waals surface area (Å²) in [5, 5.41) is 11.3. The number of nitro groups is 1. The SMILES string of the molecule is COC(=O)C1C(C)=NC2=C(C(=O)CCC2)[C@@H]1c1ccc(Cl)c([N+](=O)[O-])c1. The Balaban J connectivity index is 2.22. The molecule has 1 aliphatic heterocycles. The van der Waals surface area contributed by atoms with Crippen LogP contribution in [0.15, 0.2) is 34.5 Å². The molecule has 0 aromatic heterocycles. The van der Waals surface area contributed by atoms with Gasteiger partial charge in [0.25, 0.3) is 5.69 Å². The molecule has 1 aromatic carbocycles. The number of aliphatic imine (C=N–C) groups is 1. The third-order valence-corrected chi connectivity index (χ3v) is 5.14. The molecule has 1 unspecified atom stereocenters. The number of allylic oxidation sites excluding steroid dienone is 2. The maximum atomic E-state index is 12.6. The number of hydrogen-bond acceptors (Lipinski definition) is 6. The zero-order chi connectivity index (χ0) is 19.0. The normalized spacial score (nSPS) is 22.6. The number of esters is 1. The third-order valence-electron chi connectivity index (χ3n) is 4.82. The molecule has 0 N–H and O–H groups in total. The van der Waals surface area contributed by atoms with E-state index in [0.717, 1.165) is 0 Å². The minimum atomic E-state index is -0.804. The minimum absolute atomic E-state index is 0.00117. The standard InChI is InChI=1S/C18H17ClN2O5/c1-9-15(18(23)26-2)16(17-12(20-9)4-3-5-14(17)22)10-6-7-11(19)13(8-10)21(24)25/h6-8,15-16H,3-5H2,1-2H3/t15?,16-/m1/s1. The lowest BCUT2D eigenvalue weighted by atomic mass is 9.71. The lowest BCUT2D eigenvalue weighted by Crippen LogP contribution is -2.36. The molecule has 2 aliphatic rings. The van der Waals surface area contributed by atoms with Crippen LogP contribution in [-0.4, -0.2) is 29.5 Å². The summed E-state index contributed by atoms with van der Waals surface area (Å²) < 4.78 is 4.91. The van der Waals surface area contributed by atoms with Crippen LogP contribution in [-0.2, 0) is 14.3 Å². The molecule has 0 radical (unpaired) electrons. The quantitative estimate of drug-likeness (QED) is 0.456. The number of Topliss-reactive ketones (excluding diaryl/α,β-unsaturated/α-hetero) is 1. The molecule has 7 nitrogen and oxygen atoms in total. The van der Waals surface area contributed by atoms with Crippen LogP contribution in [0.5, 0.6) is 0 Å². The number of carbonyl (C=O) groups excluding carboxylic acids is 2. The van der Waals surface area contributed by atoms with Crippen LogP contribution in [0.4, 0.5) is 5.69 Å². The van der Waals surface area contributed by atoms with Gasteiger partial charge in [-0.15, -0.1) is 0 Å². The van der Waals surface area contributed by atoms with Crippen LogP contribution in [0.3, 0.4) is 0 Å². The number of ketones is 1. The number of methoxy groups -OCH3 is 1. The highest BCUT2D eigenvalue weighted by molar-refractivity contribution is 6.32. The van der Waals surface area contributed by atoms with E-state index in [0.29, 0.717) is 41.8 Å². The summed E-state index contributed by atoms with van der Waals surface area (Å²) in [6, 6.07) is 4.35. The summed E-state index contributed by atoms with van der Waals surface area (Å²) in [6.45, 7) is 1.71. The fraction of sp³-hybridized carbons (Fsp3) is 0.389. The first kappa shape index (κ1) is 18.3. The van der Waals surface area contributed by atoms with E-state index < -0.39 is 22.7 Å². The maximum Gasteiger partial charge on any atom is 0.315 e. The van der Waals surface area contributed by atoms with Gasteiger partial charge in [-0.25, -0.2) is 0 Å². The second kappa shape index (κ2) is 6.99.